The van der Waals surface area contributed by atoms with E-state index in [0.717, 1.165) is 6.54 Å². The molecule has 5 rings (SSSR count). The van der Waals surface area contributed by atoms with Gasteiger partial charge in [-0.15, -0.1) is 0 Å². The number of aromatic nitrogens is 2. The Hall–Kier alpha value is -2.48. The van der Waals surface area contributed by atoms with Crippen LogP contribution >= 0.6 is 0 Å². The third kappa shape index (κ3) is 1.64. The number of benzene rings is 2. The van der Waals surface area contributed by atoms with Crippen molar-refractivity contribution in [2.24, 2.45) is 0 Å². The number of nitrogens with one attached hydrogen (secondary N) is 1. The molecular formula is C21H20N2. The molecule has 2 heteroatoms. The van der Waals surface area contributed by atoms with Gasteiger partial charge in [0.05, 0.1) is 0 Å². The number of H-pyrrole nitrogens is 1. The van der Waals surface area contributed by atoms with Gasteiger partial charge in [0, 0.05) is 45.7 Å². The number of hydrogen-bond donors (Lipinski definition) is 1. The van der Waals surface area contributed by atoms with Gasteiger partial charge in [0.2, 0.25) is 0 Å². The average Bonchev–Trinajstić information content (AvgIpc) is 3.23. The lowest BCUT2D eigenvalue weighted by molar-refractivity contribution is 0.724. The maximum absolute atomic E-state index is 3.70. The summed E-state index contributed by atoms with van der Waals surface area (Å²) in [5.41, 5.74) is 8.39. The molecule has 0 saturated heterocycles. The first-order chi connectivity index (χ1) is 11.3. The fourth-order valence-corrected chi connectivity index (χ4v) is 4.51. The zero-order valence-corrected chi connectivity index (χ0v) is 13.6. The van der Waals surface area contributed by atoms with Crippen LogP contribution in [0.15, 0.2) is 48.5 Å². The third-order valence-electron chi connectivity index (χ3n) is 5.60. The third-order valence-corrected chi connectivity index (χ3v) is 5.60. The predicted octanol–water partition coefficient (Wildman–Crippen LogP) is 5.28. The summed E-state index contributed by atoms with van der Waals surface area (Å²) >= 11 is 0. The number of aromatic amines is 1. The van der Waals surface area contributed by atoms with Gasteiger partial charge in [0.15, 0.2) is 0 Å². The van der Waals surface area contributed by atoms with E-state index in [1.165, 1.54) is 50.7 Å². The Kier molecular flexibility index (Phi) is 2.55. The molecule has 4 aromatic rings. The molecule has 23 heavy (non-hydrogen) atoms. The summed E-state index contributed by atoms with van der Waals surface area (Å²) < 4.78 is 2.53. The van der Waals surface area contributed by atoms with Crippen molar-refractivity contribution in [3.63, 3.8) is 0 Å². The lowest BCUT2D eigenvalue weighted by Gasteiger charge is -2.11. The van der Waals surface area contributed by atoms with Crippen LogP contribution in [0.1, 0.15) is 34.9 Å². The van der Waals surface area contributed by atoms with Crippen LogP contribution in [0.4, 0.5) is 0 Å². The highest BCUT2D eigenvalue weighted by molar-refractivity contribution is 5.87. The van der Waals surface area contributed by atoms with Gasteiger partial charge in [-0.1, -0.05) is 36.4 Å². The molecule has 1 N–H and O–H groups in total. The Balaban J connectivity index is 1.77. The van der Waals surface area contributed by atoms with E-state index in [4.69, 9.17) is 0 Å². The number of rotatable bonds is 1. The number of fused-ring (bicyclic) bond motifs is 4. The molecule has 0 aliphatic carbocycles. The number of hydrogen-bond acceptors (Lipinski definition) is 0. The van der Waals surface area contributed by atoms with E-state index in [1.54, 1.807) is 0 Å². The molecule has 1 unspecified atom stereocenters. The van der Waals surface area contributed by atoms with Crippen LogP contribution in [0.3, 0.4) is 0 Å². The summed E-state index contributed by atoms with van der Waals surface area (Å²) in [6.45, 7) is 5.66. The number of nitrogens with zero attached hydrogens (tertiary/aromatic N) is 1. The minimum Gasteiger partial charge on any atom is -0.358 e. The zero-order chi connectivity index (χ0) is 15.6. The molecule has 1 aliphatic heterocycles. The van der Waals surface area contributed by atoms with E-state index in [9.17, 15) is 0 Å². The molecule has 2 aromatic heterocycles. The SMILES string of the molecule is Cc1c(C2CCn3c2c(C)c2ccccc23)[nH]c2ccccc12. The smallest absolute Gasteiger partial charge is 0.0485 e. The van der Waals surface area contributed by atoms with Crippen LogP contribution in [-0.4, -0.2) is 9.55 Å². The zero-order valence-electron chi connectivity index (χ0n) is 13.6. The standard InChI is InChI=1S/C21H20N2/c1-13-15-7-3-5-9-18(15)22-20(13)17-11-12-23-19-10-6-4-8-16(19)14(2)21(17)23/h3-10,17,22H,11-12H2,1-2H3. The largest absolute Gasteiger partial charge is 0.358 e. The summed E-state index contributed by atoms with van der Waals surface area (Å²) in [5.74, 6) is 0.481. The van der Waals surface area contributed by atoms with Crippen LogP contribution in [0.2, 0.25) is 0 Å². The van der Waals surface area contributed by atoms with Crippen LogP contribution < -0.4 is 0 Å². The molecule has 0 bridgehead atoms. The Bertz CT molecular complexity index is 1050. The molecule has 1 atom stereocenters. The van der Waals surface area contributed by atoms with Gasteiger partial charge >= 0.3 is 0 Å². The topological polar surface area (TPSA) is 20.7 Å². The normalized spacial score (nSPS) is 17.2. The van der Waals surface area contributed by atoms with Crippen molar-refractivity contribution in [3.8, 4) is 0 Å². The maximum Gasteiger partial charge on any atom is 0.0485 e. The molecule has 2 nitrogen and oxygen atoms in total. The summed E-state index contributed by atoms with van der Waals surface area (Å²) in [6, 6.07) is 17.5. The molecule has 114 valence electrons. The van der Waals surface area contributed by atoms with Gasteiger partial charge in [-0.25, -0.2) is 0 Å². The summed E-state index contributed by atoms with van der Waals surface area (Å²) in [5, 5.41) is 2.76. The van der Waals surface area contributed by atoms with E-state index in [0.29, 0.717) is 5.92 Å². The van der Waals surface area contributed by atoms with Crippen LogP contribution in [0.5, 0.6) is 0 Å². The van der Waals surface area contributed by atoms with E-state index in [1.807, 2.05) is 0 Å². The minimum absolute atomic E-state index is 0.481. The monoisotopic (exact) mass is 300 g/mol. The molecule has 0 fully saturated rings. The summed E-state index contributed by atoms with van der Waals surface area (Å²) in [6.07, 6.45) is 1.19. The molecule has 3 heterocycles. The summed E-state index contributed by atoms with van der Waals surface area (Å²) in [4.78, 5) is 3.70. The van der Waals surface area contributed by atoms with Gasteiger partial charge in [-0.05, 0) is 43.5 Å². The fourth-order valence-electron chi connectivity index (χ4n) is 4.51. The Morgan fingerprint density at radius 3 is 2.48 bits per heavy atom. The van der Waals surface area contributed by atoms with Gasteiger partial charge in [-0.3, -0.25) is 0 Å². The highest BCUT2D eigenvalue weighted by Crippen LogP contribution is 2.43. The second-order valence-electron chi connectivity index (χ2n) is 6.73. The maximum atomic E-state index is 3.70. The van der Waals surface area contributed by atoms with E-state index >= 15 is 0 Å². The Morgan fingerprint density at radius 1 is 0.913 bits per heavy atom. The van der Waals surface area contributed by atoms with Crippen molar-refractivity contribution in [3.05, 3.63) is 71.0 Å². The van der Waals surface area contributed by atoms with Crippen LogP contribution in [0, 0.1) is 13.8 Å². The lowest BCUT2D eigenvalue weighted by atomic mass is 9.94. The fraction of sp³-hybridized carbons (Fsp3) is 0.238. The predicted molar refractivity (Wildman–Crippen MR) is 96.2 cm³/mol. The quantitative estimate of drug-likeness (QED) is 0.494. The van der Waals surface area contributed by atoms with Crippen LogP contribution in [0.25, 0.3) is 21.8 Å². The summed E-state index contributed by atoms with van der Waals surface area (Å²) in [7, 11) is 0. The molecule has 0 radical (unpaired) electrons. The van der Waals surface area contributed by atoms with E-state index in [-0.39, 0.29) is 0 Å². The van der Waals surface area contributed by atoms with Crippen molar-refractivity contribution in [2.75, 3.05) is 0 Å². The van der Waals surface area contributed by atoms with Crippen molar-refractivity contribution in [2.45, 2.75) is 32.7 Å². The second kappa shape index (κ2) is 4.51. The van der Waals surface area contributed by atoms with Gasteiger partial charge in [0.1, 0.15) is 0 Å². The van der Waals surface area contributed by atoms with Crippen molar-refractivity contribution < 1.29 is 0 Å². The molecule has 0 amide bonds. The molecule has 2 aromatic carbocycles. The van der Waals surface area contributed by atoms with Crippen molar-refractivity contribution in [1.29, 1.82) is 0 Å². The Labute approximate surface area is 135 Å². The van der Waals surface area contributed by atoms with Gasteiger partial charge < -0.3 is 9.55 Å². The first-order valence-corrected chi connectivity index (χ1v) is 8.40. The Morgan fingerprint density at radius 2 is 1.65 bits per heavy atom. The first kappa shape index (κ1) is 13.0. The van der Waals surface area contributed by atoms with E-state index < -0.39 is 0 Å². The highest BCUT2D eigenvalue weighted by atomic mass is 15.0. The molecule has 0 spiro atoms. The molecular weight excluding hydrogens is 280 g/mol. The molecule has 1 aliphatic rings. The van der Waals surface area contributed by atoms with Crippen LogP contribution in [-0.2, 0) is 6.54 Å². The van der Waals surface area contributed by atoms with Crippen molar-refractivity contribution in [1.82, 2.24) is 9.55 Å². The van der Waals surface area contributed by atoms with Gasteiger partial charge in [-0.2, -0.15) is 0 Å². The molecule has 0 saturated carbocycles. The highest BCUT2D eigenvalue weighted by Gasteiger charge is 2.31. The minimum atomic E-state index is 0.481. The van der Waals surface area contributed by atoms with E-state index in [2.05, 4.69) is 71.9 Å². The first-order valence-electron chi connectivity index (χ1n) is 8.40. The number of para-hydroxylation sites is 2. The number of aryl methyl sites for hydroxylation is 3. The lowest BCUT2D eigenvalue weighted by Crippen LogP contribution is -2.00. The average molecular weight is 300 g/mol. The second-order valence-corrected chi connectivity index (χ2v) is 6.73. The van der Waals surface area contributed by atoms with Crippen molar-refractivity contribution >= 4 is 21.8 Å². The van der Waals surface area contributed by atoms with Gasteiger partial charge in [0.25, 0.3) is 0 Å².